The number of carbonyl (C=O) groups is 1. The average molecular weight is 538 g/mol. The fourth-order valence-electron chi connectivity index (χ4n) is 2.86. The highest BCUT2D eigenvalue weighted by Gasteiger charge is 2.40. The van der Waals surface area contributed by atoms with E-state index in [9.17, 15) is 13.2 Å². The highest BCUT2D eigenvalue weighted by molar-refractivity contribution is 14.0. The first kappa shape index (κ1) is 25.5. The zero-order valence-corrected chi connectivity index (χ0v) is 20.8. The maximum atomic E-state index is 12.2. The maximum absolute atomic E-state index is 12.2. The normalized spacial score (nSPS) is 17.8. The lowest BCUT2D eigenvalue weighted by Crippen LogP contribution is -2.57. The molecule has 0 atom stereocenters. The summed E-state index contributed by atoms with van der Waals surface area (Å²) in [6, 6.07) is 7.49. The van der Waals surface area contributed by atoms with Gasteiger partial charge in [0.25, 0.3) is 5.91 Å². The van der Waals surface area contributed by atoms with Gasteiger partial charge in [-0.25, -0.2) is 8.42 Å². The summed E-state index contributed by atoms with van der Waals surface area (Å²) in [5.74, 6) is 1.29. The van der Waals surface area contributed by atoms with Gasteiger partial charge in [-0.15, -0.1) is 24.0 Å². The van der Waals surface area contributed by atoms with E-state index in [0.717, 1.165) is 5.56 Å². The average Bonchev–Trinajstić information content (AvgIpc) is 2.63. The Balaban J connectivity index is 0.00000420. The summed E-state index contributed by atoms with van der Waals surface area (Å²) in [4.78, 5) is 19.4. The number of nitrogens with zero attached hydrogens (tertiary/aromatic N) is 3. The van der Waals surface area contributed by atoms with Crippen LogP contribution in [-0.4, -0.2) is 81.4 Å². The van der Waals surface area contributed by atoms with Crippen LogP contribution in [0.4, 0.5) is 0 Å². The molecule has 0 bridgehead atoms. The van der Waals surface area contributed by atoms with Crippen molar-refractivity contribution in [3.63, 3.8) is 0 Å². The zero-order valence-electron chi connectivity index (χ0n) is 17.6. The molecule has 0 aromatic heterocycles. The molecular weight excluding hydrogens is 507 g/mol. The van der Waals surface area contributed by atoms with Crippen LogP contribution in [0, 0.1) is 0 Å². The van der Waals surface area contributed by atoms with Crippen molar-refractivity contribution in [2.45, 2.75) is 25.1 Å². The summed E-state index contributed by atoms with van der Waals surface area (Å²) in [6.07, 6.45) is 0. The van der Waals surface area contributed by atoms with Crippen molar-refractivity contribution >= 4 is 45.7 Å². The Morgan fingerprint density at radius 1 is 1.34 bits per heavy atom. The van der Waals surface area contributed by atoms with Crippen LogP contribution in [0.2, 0.25) is 0 Å². The van der Waals surface area contributed by atoms with Crippen molar-refractivity contribution in [2.24, 2.45) is 4.99 Å². The molecule has 0 aliphatic carbocycles. The molecule has 10 heteroatoms. The summed E-state index contributed by atoms with van der Waals surface area (Å²) >= 11 is 0. The number of carbonyl (C=O) groups excluding carboxylic acids is 1. The first-order chi connectivity index (χ1) is 13.1. The number of hydrogen-bond acceptors (Lipinski definition) is 5. The molecule has 1 saturated heterocycles. The molecule has 0 unspecified atom stereocenters. The molecule has 1 aromatic carbocycles. The van der Waals surface area contributed by atoms with Crippen molar-refractivity contribution in [1.82, 2.24) is 15.1 Å². The largest absolute Gasteiger partial charge is 0.484 e. The van der Waals surface area contributed by atoms with E-state index in [2.05, 4.69) is 10.3 Å². The first-order valence-corrected chi connectivity index (χ1v) is 10.8. The van der Waals surface area contributed by atoms with E-state index < -0.39 is 14.6 Å². The summed E-state index contributed by atoms with van der Waals surface area (Å²) in [6.45, 7) is 4.80. The minimum Gasteiger partial charge on any atom is -0.484 e. The second kappa shape index (κ2) is 10.5. The van der Waals surface area contributed by atoms with Gasteiger partial charge in [0.2, 0.25) is 0 Å². The van der Waals surface area contributed by atoms with Crippen LogP contribution in [0.5, 0.6) is 5.75 Å². The Morgan fingerprint density at radius 3 is 2.62 bits per heavy atom. The van der Waals surface area contributed by atoms with Gasteiger partial charge < -0.3 is 19.9 Å². The lowest BCUT2D eigenvalue weighted by molar-refractivity contribution is -0.130. The smallest absolute Gasteiger partial charge is 0.259 e. The number of halogens is 1. The molecule has 1 fully saturated rings. The number of rotatable bonds is 5. The Morgan fingerprint density at radius 2 is 2.03 bits per heavy atom. The molecule has 1 N–H and O–H groups in total. The summed E-state index contributed by atoms with van der Waals surface area (Å²) in [5, 5.41) is 3.28. The van der Waals surface area contributed by atoms with Crippen LogP contribution < -0.4 is 10.1 Å². The maximum Gasteiger partial charge on any atom is 0.259 e. The van der Waals surface area contributed by atoms with Gasteiger partial charge in [0.05, 0.1) is 10.5 Å². The summed E-state index contributed by atoms with van der Waals surface area (Å²) in [7, 11) is 1.96. The number of amides is 1. The molecule has 8 nitrogen and oxygen atoms in total. The quantitative estimate of drug-likeness (QED) is 0.346. The van der Waals surface area contributed by atoms with Crippen molar-refractivity contribution in [3.8, 4) is 5.75 Å². The fourth-order valence-corrected chi connectivity index (χ4v) is 4.22. The number of benzene rings is 1. The van der Waals surface area contributed by atoms with Gasteiger partial charge in [-0.05, 0) is 31.5 Å². The molecule has 1 aliphatic heterocycles. The number of sulfone groups is 1. The monoisotopic (exact) mass is 538 g/mol. The third kappa shape index (κ3) is 6.73. The minimum atomic E-state index is -3.10. The van der Waals surface area contributed by atoms with E-state index in [1.807, 2.05) is 23.1 Å². The van der Waals surface area contributed by atoms with Crippen molar-refractivity contribution in [3.05, 3.63) is 29.8 Å². The second-order valence-corrected chi connectivity index (χ2v) is 10.4. The first-order valence-electron chi connectivity index (χ1n) is 9.15. The number of hydrogen-bond donors (Lipinski definition) is 1. The molecule has 0 spiro atoms. The van der Waals surface area contributed by atoms with Crippen LogP contribution >= 0.6 is 24.0 Å². The zero-order chi connectivity index (χ0) is 20.9. The van der Waals surface area contributed by atoms with Crippen molar-refractivity contribution in [1.29, 1.82) is 0 Å². The number of ether oxygens (including phenoxy) is 1. The van der Waals surface area contributed by atoms with Gasteiger partial charge in [0.15, 0.2) is 22.4 Å². The molecule has 1 aliphatic rings. The van der Waals surface area contributed by atoms with Gasteiger partial charge in [-0.3, -0.25) is 9.79 Å². The Kier molecular flexibility index (Phi) is 9.19. The third-order valence-corrected chi connectivity index (χ3v) is 7.30. The van der Waals surface area contributed by atoms with Crippen molar-refractivity contribution in [2.75, 3.05) is 46.6 Å². The van der Waals surface area contributed by atoms with E-state index in [1.165, 1.54) is 4.90 Å². The molecule has 164 valence electrons. The Labute approximate surface area is 190 Å². The standard InChI is InChI=1S/C19H30N4O4S.HI/c1-19(2)14-23(9-10-28(19,25)26)18(20-3)21-12-15-7-6-8-16(11-15)27-13-17(24)22(4)5;/h6-8,11H,9-10,12-14H2,1-5H3,(H,20,21);1H. The van der Waals surface area contributed by atoms with Crippen LogP contribution in [0.3, 0.4) is 0 Å². The molecule has 0 radical (unpaired) electrons. The van der Waals surface area contributed by atoms with Crippen LogP contribution in [0.15, 0.2) is 29.3 Å². The topological polar surface area (TPSA) is 91.3 Å². The molecular formula is C19H31IN4O4S. The number of guanidine groups is 1. The highest BCUT2D eigenvalue weighted by Crippen LogP contribution is 2.23. The van der Waals surface area contributed by atoms with Gasteiger partial charge in [-0.2, -0.15) is 0 Å². The van der Waals surface area contributed by atoms with Gasteiger partial charge >= 0.3 is 0 Å². The molecule has 1 amide bonds. The van der Waals surface area contributed by atoms with Gasteiger partial charge in [0.1, 0.15) is 5.75 Å². The van der Waals surface area contributed by atoms with Crippen molar-refractivity contribution < 1.29 is 17.9 Å². The Bertz CT molecular complexity index is 840. The molecule has 29 heavy (non-hydrogen) atoms. The van der Waals surface area contributed by atoms with Crippen LogP contribution in [0.25, 0.3) is 0 Å². The predicted octanol–water partition coefficient (Wildman–Crippen LogP) is 1.36. The SMILES string of the molecule is CN=C(NCc1cccc(OCC(=O)N(C)C)c1)N1CCS(=O)(=O)C(C)(C)C1.I. The minimum absolute atomic E-state index is 0. The molecule has 0 saturated carbocycles. The third-order valence-electron chi connectivity index (χ3n) is 4.77. The molecule has 1 aromatic rings. The number of nitrogens with one attached hydrogen (secondary N) is 1. The van der Waals surface area contributed by atoms with Gasteiger partial charge in [0, 0.05) is 40.8 Å². The van der Waals surface area contributed by atoms with E-state index in [-0.39, 0.29) is 42.2 Å². The van der Waals surface area contributed by atoms with Gasteiger partial charge in [-0.1, -0.05) is 12.1 Å². The van der Waals surface area contributed by atoms with E-state index in [1.54, 1.807) is 41.1 Å². The second-order valence-electron chi connectivity index (χ2n) is 7.63. The van der Waals surface area contributed by atoms with Crippen LogP contribution in [-0.2, 0) is 21.2 Å². The Hall–Kier alpha value is -1.56. The van der Waals surface area contributed by atoms with Crippen LogP contribution in [0.1, 0.15) is 19.4 Å². The van der Waals surface area contributed by atoms with E-state index >= 15 is 0 Å². The lowest BCUT2D eigenvalue weighted by Gasteiger charge is -2.39. The number of likely N-dealkylation sites (N-methyl/N-ethyl adjacent to an activating group) is 1. The van der Waals surface area contributed by atoms with E-state index in [4.69, 9.17) is 4.74 Å². The highest BCUT2D eigenvalue weighted by atomic mass is 127. The molecule has 1 heterocycles. The number of aliphatic imine (C=N–C) groups is 1. The molecule has 2 rings (SSSR count). The van der Waals surface area contributed by atoms with E-state index in [0.29, 0.717) is 31.3 Å². The summed E-state index contributed by atoms with van der Waals surface area (Å²) in [5.41, 5.74) is 0.972. The predicted molar refractivity (Wildman–Crippen MR) is 126 cm³/mol. The lowest BCUT2D eigenvalue weighted by atomic mass is 10.2. The summed E-state index contributed by atoms with van der Waals surface area (Å²) < 4.78 is 29.1. The fraction of sp³-hybridized carbons (Fsp3) is 0.579.